The number of carbonyl (C=O) groups is 2. The first-order chi connectivity index (χ1) is 8.02. The average Bonchev–Trinajstić information content (AvgIpc) is 2.30. The maximum atomic E-state index is 11.0. The molecule has 4 N–H and O–H groups in total. The molecule has 7 heteroatoms. The molecule has 0 aliphatic carbocycles. The zero-order chi connectivity index (χ0) is 12.8. The van der Waals surface area contributed by atoms with Crippen LogP contribution in [0, 0.1) is 0 Å². The summed E-state index contributed by atoms with van der Waals surface area (Å²) in [5.74, 6) is -1.82. The van der Waals surface area contributed by atoms with E-state index in [0.29, 0.717) is 5.56 Å². The molecule has 1 atom stereocenters. The number of rotatable bonds is 5. The summed E-state index contributed by atoms with van der Waals surface area (Å²) in [5.41, 5.74) is 5.75. The normalized spacial score (nSPS) is 11.2. The van der Waals surface area contributed by atoms with Crippen molar-refractivity contribution in [3.05, 3.63) is 29.8 Å². The minimum Gasteiger partial charge on any atom is -0.872 e. The van der Waals surface area contributed by atoms with Gasteiger partial charge in [0.15, 0.2) is 0 Å². The fourth-order valence-corrected chi connectivity index (χ4v) is 1.31. The number of nitrogens with one attached hydrogen (secondary N) is 1. The molecular formula is C11H13N2NaO4. The van der Waals surface area contributed by atoms with Crippen LogP contribution in [0.15, 0.2) is 24.3 Å². The second kappa shape index (κ2) is 8.10. The van der Waals surface area contributed by atoms with Gasteiger partial charge < -0.3 is 21.3 Å². The summed E-state index contributed by atoms with van der Waals surface area (Å²) in [4.78, 5) is 21.9. The largest absolute Gasteiger partial charge is 1.00 e. The zero-order valence-electron chi connectivity index (χ0n) is 10.1. The van der Waals surface area contributed by atoms with Crippen LogP contribution in [0.2, 0.25) is 0 Å². The van der Waals surface area contributed by atoms with Crippen LogP contribution >= 0.6 is 0 Å². The zero-order valence-corrected chi connectivity index (χ0v) is 12.1. The summed E-state index contributed by atoms with van der Waals surface area (Å²) in [6, 6.07) is 4.72. The van der Waals surface area contributed by atoms with Crippen molar-refractivity contribution < 1.29 is 49.4 Å². The van der Waals surface area contributed by atoms with Crippen molar-refractivity contribution in [1.82, 2.24) is 5.32 Å². The molecule has 0 bridgehead atoms. The molecule has 0 aromatic heterocycles. The fourth-order valence-electron chi connectivity index (χ4n) is 1.31. The maximum Gasteiger partial charge on any atom is 1.00 e. The van der Waals surface area contributed by atoms with Gasteiger partial charge >= 0.3 is 35.5 Å². The molecule has 0 saturated carbocycles. The SMILES string of the molecule is NCC(=O)N[C@@H](Cc1ccc([O-])cc1)C(=O)O.[Na+]. The minimum atomic E-state index is -1.14. The van der Waals surface area contributed by atoms with E-state index in [0.717, 1.165) is 0 Å². The Morgan fingerprint density at radius 2 is 1.89 bits per heavy atom. The van der Waals surface area contributed by atoms with Crippen LogP contribution in [-0.4, -0.2) is 29.6 Å². The number of hydrogen-bond acceptors (Lipinski definition) is 4. The van der Waals surface area contributed by atoms with Gasteiger partial charge in [-0.3, -0.25) is 4.79 Å². The summed E-state index contributed by atoms with van der Waals surface area (Å²) in [5, 5.41) is 22.1. The summed E-state index contributed by atoms with van der Waals surface area (Å²) < 4.78 is 0. The van der Waals surface area contributed by atoms with Gasteiger partial charge in [-0.05, 0) is 5.56 Å². The molecule has 0 fully saturated rings. The third kappa shape index (κ3) is 5.50. The molecule has 0 saturated heterocycles. The molecule has 0 heterocycles. The molecule has 0 unspecified atom stereocenters. The molecule has 0 spiro atoms. The molecule has 1 aromatic carbocycles. The molecule has 6 nitrogen and oxygen atoms in total. The van der Waals surface area contributed by atoms with E-state index in [4.69, 9.17) is 10.8 Å². The minimum absolute atomic E-state index is 0. The number of amides is 1. The first-order valence-corrected chi connectivity index (χ1v) is 5.01. The van der Waals surface area contributed by atoms with Crippen molar-refractivity contribution in [1.29, 1.82) is 0 Å². The Hall–Kier alpha value is -1.08. The van der Waals surface area contributed by atoms with Gasteiger partial charge in [0, 0.05) is 6.42 Å². The Morgan fingerprint density at radius 3 is 2.33 bits per heavy atom. The van der Waals surface area contributed by atoms with Crippen molar-refractivity contribution >= 4 is 11.9 Å². The van der Waals surface area contributed by atoms with Crippen LogP contribution in [0.25, 0.3) is 0 Å². The van der Waals surface area contributed by atoms with Crippen molar-refractivity contribution in [2.45, 2.75) is 12.5 Å². The predicted molar refractivity (Wildman–Crippen MR) is 58.2 cm³/mol. The monoisotopic (exact) mass is 260 g/mol. The Labute approximate surface area is 126 Å². The van der Waals surface area contributed by atoms with E-state index >= 15 is 0 Å². The van der Waals surface area contributed by atoms with Gasteiger partial charge in [-0.1, -0.05) is 24.3 Å². The van der Waals surface area contributed by atoms with E-state index in [2.05, 4.69) is 5.32 Å². The number of aliphatic carboxylic acids is 1. The molecule has 1 rings (SSSR count). The van der Waals surface area contributed by atoms with E-state index in [1.165, 1.54) is 24.3 Å². The van der Waals surface area contributed by atoms with E-state index in [9.17, 15) is 14.7 Å². The van der Waals surface area contributed by atoms with Crippen LogP contribution in [0.5, 0.6) is 5.75 Å². The summed E-state index contributed by atoms with van der Waals surface area (Å²) in [7, 11) is 0. The van der Waals surface area contributed by atoms with Gasteiger partial charge in [-0.25, -0.2) is 4.79 Å². The van der Waals surface area contributed by atoms with Gasteiger partial charge in [0.05, 0.1) is 6.54 Å². The van der Waals surface area contributed by atoms with Crippen LogP contribution < -0.4 is 45.7 Å². The number of carboxylic acids is 1. The second-order valence-electron chi connectivity index (χ2n) is 3.51. The van der Waals surface area contributed by atoms with Crippen molar-refractivity contribution in [3.63, 3.8) is 0 Å². The van der Waals surface area contributed by atoms with Crippen LogP contribution in [0.3, 0.4) is 0 Å². The average molecular weight is 260 g/mol. The third-order valence-corrected chi connectivity index (χ3v) is 2.18. The van der Waals surface area contributed by atoms with E-state index in [1.54, 1.807) is 0 Å². The first-order valence-electron chi connectivity index (χ1n) is 5.01. The molecule has 0 aliphatic heterocycles. The Bertz CT molecular complexity index is 408. The van der Waals surface area contributed by atoms with Gasteiger partial charge in [-0.15, -0.1) is 5.75 Å². The Kier molecular flexibility index (Phi) is 7.61. The summed E-state index contributed by atoms with van der Waals surface area (Å²) in [6.45, 7) is -0.261. The molecule has 18 heavy (non-hydrogen) atoms. The van der Waals surface area contributed by atoms with Crippen LogP contribution in [-0.2, 0) is 16.0 Å². The Balaban J connectivity index is 0.00000289. The van der Waals surface area contributed by atoms with E-state index in [1.807, 2.05) is 0 Å². The molecule has 1 amide bonds. The standard InChI is InChI=1S/C11H14N2O4.Na/c12-6-10(15)13-9(11(16)17)5-7-1-3-8(14)4-2-7;/h1-4,9,14H,5-6,12H2,(H,13,15)(H,16,17);/q;+1/p-1/t9-;/m0./s1. The van der Waals surface area contributed by atoms with Crippen LogP contribution in [0.4, 0.5) is 0 Å². The number of carboxylic acid groups (broad SMARTS) is 1. The molecule has 1 aromatic rings. The van der Waals surface area contributed by atoms with Crippen molar-refractivity contribution in [2.75, 3.05) is 6.54 Å². The maximum absolute atomic E-state index is 11.0. The number of hydrogen-bond donors (Lipinski definition) is 3. The molecule has 0 radical (unpaired) electrons. The van der Waals surface area contributed by atoms with E-state index < -0.39 is 17.9 Å². The number of benzene rings is 1. The van der Waals surface area contributed by atoms with Crippen LogP contribution in [0.1, 0.15) is 5.56 Å². The topological polar surface area (TPSA) is 115 Å². The Morgan fingerprint density at radius 1 is 1.33 bits per heavy atom. The third-order valence-electron chi connectivity index (χ3n) is 2.18. The van der Waals surface area contributed by atoms with Gasteiger partial charge in [0.1, 0.15) is 6.04 Å². The smallest absolute Gasteiger partial charge is 0.872 e. The summed E-state index contributed by atoms with van der Waals surface area (Å²) in [6.07, 6.45) is 0.112. The summed E-state index contributed by atoms with van der Waals surface area (Å²) >= 11 is 0. The van der Waals surface area contributed by atoms with Gasteiger partial charge in [-0.2, -0.15) is 0 Å². The quantitative estimate of drug-likeness (QED) is 0.465. The van der Waals surface area contributed by atoms with Crippen molar-refractivity contribution in [2.24, 2.45) is 5.73 Å². The van der Waals surface area contributed by atoms with Gasteiger partial charge in [0.2, 0.25) is 5.91 Å². The molecule has 0 aliphatic rings. The van der Waals surface area contributed by atoms with Gasteiger partial charge in [0.25, 0.3) is 0 Å². The second-order valence-corrected chi connectivity index (χ2v) is 3.51. The number of nitrogens with two attached hydrogens (primary N) is 1. The van der Waals surface area contributed by atoms with Crippen molar-refractivity contribution in [3.8, 4) is 5.75 Å². The predicted octanol–water partition coefficient (Wildman–Crippen LogP) is -4.17. The van der Waals surface area contributed by atoms with E-state index in [-0.39, 0.29) is 48.3 Å². The first kappa shape index (κ1) is 16.9. The molecule has 92 valence electrons. The number of carbonyl (C=O) groups excluding carboxylic acids is 1. The molecular weight excluding hydrogens is 247 g/mol. The fraction of sp³-hybridized carbons (Fsp3) is 0.273.